The summed E-state index contributed by atoms with van der Waals surface area (Å²) in [7, 11) is 0. The van der Waals surface area contributed by atoms with Crippen molar-refractivity contribution >= 4 is 46.1 Å². The zero-order valence-electron chi connectivity index (χ0n) is 17.3. The highest BCUT2D eigenvalue weighted by atomic mass is 32.1. The van der Waals surface area contributed by atoms with Crippen LogP contribution in [0, 0.1) is 34.5 Å². The molecule has 0 heterocycles. The second kappa shape index (κ2) is 7.61. The molecule has 0 saturated heterocycles. The van der Waals surface area contributed by atoms with E-state index in [4.69, 9.17) is 35.9 Å². The van der Waals surface area contributed by atoms with Crippen molar-refractivity contribution in [3.63, 3.8) is 0 Å². The molecular weight excluding hydrogens is 400 g/mol. The van der Waals surface area contributed by atoms with Gasteiger partial charge in [0.2, 0.25) is 0 Å². The van der Waals surface area contributed by atoms with Gasteiger partial charge in [-0.1, -0.05) is 19.9 Å². The molecule has 6 atom stereocenters. The van der Waals surface area contributed by atoms with E-state index < -0.39 is 0 Å². The van der Waals surface area contributed by atoms with Crippen LogP contribution in [-0.2, 0) is 0 Å². The van der Waals surface area contributed by atoms with Crippen molar-refractivity contribution in [3.05, 3.63) is 12.2 Å². The lowest BCUT2D eigenvalue weighted by atomic mass is 9.45. The van der Waals surface area contributed by atoms with Crippen LogP contribution >= 0.6 is 24.4 Å². The molecule has 8 heteroatoms. The number of fused-ring (bicyclic) bond motifs is 5. The van der Waals surface area contributed by atoms with E-state index in [1.807, 2.05) is 0 Å². The van der Waals surface area contributed by atoms with E-state index in [-0.39, 0.29) is 15.6 Å². The minimum Gasteiger partial charge on any atom is -0.375 e. The maximum absolute atomic E-state index is 5.59. The normalized spacial score (nSPS) is 43.4. The Morgan fingerprint density at radius 3 is 2.52 bits per heavy atom. The maximum Gasteiger partial charge on any atom is 0.184 e. The van der Waals surface area contributed by atoms with Gasteiger partial charge in [0.1, 0.15) is 0 Å². The van der Waals surface area contributed by atoms with Crippen molar-refractivity contribution in [3.8, 4) is 0 Å². The lowest BCUT2D eigenvalue weighted by Crippen LogP contribution is -2.54. The molecule has 158 valence electrons. The first-order valence-electron chi connectivity index (χ1n) is 10.7. The molecule has 3 saturated carbocycles. The number of hydrazone groups is 2. The molecule has 0 spiro atoms. The van der Waals surface area contributed by atoms with Crippen LogP contribution in [0.1, 0.15) is 58.8 Å². The fourth-order valence-electron chi connectivity index (χ4n) is 6.86. The maximum atomic E-state index is 5.59. The largest absolute Gasteiger partial charge is 0.375 e. The van der Waals surface area contributed by atoms with E-state index in [1.165, 1.54) is 31.4 Å². The molecule has 0 aromatic rings. The van der Waals surface area contributed by atoms with Crippen molar-refractivity contribution in [2.24, 2.45) is 56.2 Å². The van der Waals surface area contributed by atoms with Crippen molar-refractivity contribution in [2.45, 2.75) is 58.8 Å². The Labute approximate surface area is 184 Å². The van der Waals surface area contributed by atoms with Gasteiger partial charge in [-0.25, -0.2) is 0 Å². The zero-order valence-corrected chi connectivity index (χ0v) is 18.9. The van der Waals surface area contributed by atoms with Crippen molar-refractivity contribution < 1.29 is 0 Å². The summed E-state index contributed by atoms with van der Waals surface area (Å²) >= 11 is 9.83. The molecular formula is C21H32N6S2. The van der Waals surface area contributed by atoms with Crippen LogP contribution in [-0.4, -0.2) is 21.6 Å². The predicted octanol–water partition coefficient (Wildman–Crippen LogP) is 3.18. The van der Waals surface area contributed by atoms with E-state index in [1.54, 1.807) is 0 Å². The molecule has 4 aliphatic rings. The van der Waals surface area contributed by atoms with Gasteiger partial charge in [-0.2, -0.15) is 10.2 Å². The molecule has 4 rings (SSSR count). The van der Waals surface area contributed by atoms with Gasteiger partial charge in [0, 0.05) is 11.1 Å². The average molecular weight is 433 g/mol. The molecule has 3 fully saturated rings. The highest BCUT2D eigenvalue weighted by Gasteiger charge is 2.58. The molecule has 6 nitrogen and oxygen atoms in total. The Hall–Kier alpha value is -1.54. The Kier molecular flexibility index (Phi) is 5.44. The SMILES string of the molecule is C[C@]12CCC(=NNC(N)=S)CC1CC[C@@H]1[C@@H]2CC[C@]2(C)C(=NNC(N)=S)C=C[C@@H]12. The molecule has 0 aliphatic heterocycles. The molecule has 6 N–H and O–H groups in total. The highest BCUT2D eigenvalue weighted by molar-refractivity contribution is 7.80. The third-order valence-electron chi connectivity index (χ3n) is 8.41. The Morgan fingerprint density at radius 2 is 1.79 bits per heavy atom. The van der Waals surface area contributed by atoms with Crippen LogP contribution in [0.5, 0.6) is 0 Å². The summed E-state index contributed by atoms with van der Waals surface area (Å²) in [4.78, 5) is 0. The fraction of sp³-hybridized carbons (Fsp3) is 0.714. The Morgan fingerprint density at radius 1 is 1.07 bits per heavy atom. The monoisotopic (exact) mass is 432 g/mol. The minimum absolute atomic E-state index is 0.0875. The van der Waals surface area contributed by atoms with E-state index in [0.717, 1.165) is 36.8 Å². The van der Waals surface area contributed by atoms with Gasteiger partial charge < -0.3 is 11.5 Å². The Bertz CT molecular complexity index is 805. The number of nitrogens with two attached hydrogens (primary N) is 2. The topological polar surface area (TPSA) is 101 Å². The molecule has 0 amide bonds. The standard InChI is InChI=1S/C21H32N6S2/c1-20-9-7-13(24-26-18(22)28)11-12(20)3-4-14-15-5-6-17(25-27-19(23)29)21(15,2)10-8-16(14)20/h5-6,12,14-16H,3-4,7-11H2,1-2H3,(H3,22,26,28)(H3,23,27,29)/t12?,14-,15-,16-,20-,21-/m0/s1. The summed E-state index contributed by atoms with van der Waals surface area (Å²) in [6.07, 6.45) is 12.9. The quantitative estimate of drug-likeness (QED) is 0.395. The van der Waals surface area contributed by atoms with Crippen LogP contribution < -0.4 is 22.3 Å². The molecule has 0 bridgehead atoms. The third kappa shape index (κ3) is 3.58. The number of thiocarbonyl (C=S) groups is 2. The number of hydrogen-bond acceptors (Lipinski definition) is 4. The lowest BCUT2D eigenvalue weighted by Gasteiger charge is -2.59. The predicted molar refractivity (Wildman–Crippen MR) is 126 cm³/mol. The fourth-order valence-corrected chi connectivity index (χ4v) is 6.96. The second-order valence-corrected chi connectivity index (χ2v) is 10.6. The molecule has 4 aliphatic carbocycles. The van der Waals surface area contributed by atoms with Gasteiger partial charge in [0.05, 0.1) is 5.71 Å². The second-order valence-electron chi connectivity index (χ2n) is 9.72. The number of rotatable bonds is 2. The van der Waals surface area contributed by atoms with Gasteiger partial charge in [0.15, 0.2) is 10.2 Å². The van der Waals surface area contributed by atoms with E-state index >= 15 is 0 Å². The summed E-state index contributed by atoms with van der Waals surface area (Å²) in [6.45, 7) is 4.91. The van der Waals surface area contributed by atoms with Crippen LogP contribution in [0.25, 0.3) is 0 Å². The third-order valence-corrected chi connectivity index (χ3v) is 8.59. The summed E-state index contributed by atoms with van der Waals surface area (Å²) < 4.78 is 0. The van der Waals surface area contributed by atoms with Crippen LogP contribution in [0.3, 0.4) is 0 Å². The van der Waals surface area contributed by atoms with Crippen molar-refractivity contribution in [2.75, 3.05) is 0 Å². The number of hydrogen-bond donors (Lipinski definition) is 4. The minimum atomic E-state index is 0.0875. The van der Waals surface area contributed by atoms with Crippen LogP contribution in [0.15, 0.2) is 22.4 Å². The first kappa shape index (κ1) is 20.7. The first-order chi connectivity index (χ1) is 13.7. The van der Waals surface area contributed by atoms with E-state index in [9.17, 15) is 0 Å². The van der Waals surface area contributed by atoms with Crippen LogP contribution in [0.2, 0.25) is 0 Å². The van der Waals surface area contributed by atoms with Crippen molar-refractivity contribution in [1.29, 1.82) is 0 Å². The molecule has 0 radical (unpaired) electrons. The molecule has 0 aromatic carbocycles. The highest BCUT2D eigenvalue weighted by Crippen LogP contribution is 2.64. The summed E-state index contributed by atoms with van der Waals surface area (Å²) in [5.41, 5.74) is 19.5. The number of nitrogens with zero attached hydrogens (tertiary/aromatic N) is 2. The van der Waals surface area contributed by atoms with E-state index in [0.29, 0.717) is 17.3 Å². The van der Waals surface area contributed by atoms with Crippen LogP contribution in [0.4, 0.5) is 0 Å². The molecule has 1 unspecified atom stereocenters. The number of nitrogens with one attached hydrogen (secondary N) is 2. The average Bonchev–Trinajstić information content (AvgIpc) is 3.01. The van der Waals surface area contributed by atoms with Gasteiger partial charge in [-0.05, 0) is 105 Å². The van der Waals surface area contributed by atoms with Gasteiger partial charge in [0.25, 0.3) is 0 Å². The Balaban J connectivity index is 1.52. The van der Waals surface area contributed by atoms with Gasteiger partial charge in [-0.3, -0.25) is 10.9 Å². The van der Waals surface area contributed by atoms with E-state index in [2.05, 4.69) is 47.1 Å². The first-order valence-corrected chi connectivity index (χ1v) is 11.5. The zero-order chi connectivity index (χ0) is 20.8. The van der Waals surface area contributed by atoms with Crippen molar-refractivity contribution in [1.82, 2.24) is 10.9 Å². The smallest absolute Gasteiger partial charge is 0.184 e. The summed E-state index contributed by atoms with van der Waals surface area (Å²) in [5.74, 6) is 2.73. The molecule has 0 aromatic heterocycles. The van der Waals surface area contributed by atoms with Gasteiger partial charge in [-0.15, -0.1) is 0 Å². The van der Waals surface area contributed by atoms with Gasteiger partial charge >= 0.3 is 0 Å². The summed E-state index contributed by atoms with van der Waals surface area (Å²) in [5, 5.41) is 9.47. The number of allylic oxidation sites excluding steroid dienone is 2. The lowest BCUT2D eigenvalue weighted by molar-refractivity contribution is -0.0716. The summed E-state index contributed by atoms with van der Waals surface area (Å²) in [6, 6.07) is 0. The molecule has 29 heavy (non-hydrogen) atoms.